The van der Waals surface area contributed by atoms with E-state index in [1.54, 1.807) is 37.4 Å². The highest BCUT2D eigenvalue weighted by Crippen LogP contribution is 2.29. The summed E-state index contributed by atoms with van der Waals surface area (Å²) in [6.45, 7) is 0.746. The van der Waals surface area contributed by atoms with Crippen LogP contribution < -0.4 is 10.6 Å². The monoisotopic (exact) mass is 379 g/mol. The molecule has 2 aromatic rings. The molecule has 0 saturated heterocycles. The third kappa shape index (κ3) is 5.46. The summed E-state index contributed by atoms with van der Waals surface area (Å²) >= 11 is 12.1. The number of likely N-dealkylation sites (N-methyl/N-ethyl adjacent to an activating group) is 1. The van der Waals surface area contributed by atoms with Crippen molar-refractivity contribution in [2.45, 2.75) is 6.54 Å². The van der Waals surface area contributed by atoms with E-state index in [1.807, 2.05) is 24.1 Å². The topological polar surface area (TPSA) is 61.4 Å². The van der Waals surface area contributed by atoms with Crippen molar-refractivity contribution in [2.24, 2.45) is 0 Å². The van der Waals surface area contributed by atoms with Crippen LogP contribution >= 0.6 is 23.2 Å². The molecule has 132 valence electrons. The van der Waals surface area contributed by atoms with Gasteiger partial charge in [0.2, 0.25) is 5.91 Å². The van der Waals surface area contributed by atoms with E-state index < -0.39 is 0 Å². The molecule has 0 atom stereocenters. The van der Waals surface area contributed by atoms with Crippen molar-refractivity contribution >= 4 is 40.7 Å². The molecule has 7 heteroatoms. The minimum absolute atomic E-state index is 0.129. The average Bonchev–Trinajstić information content (AvgIpc) is 2.58. The minimum atomic E-state index is -0.209. The van der Waals surface area contributed by atoms with Crippen molar-refractivity contribution in [1.29, 1.82) is 0 Å². The summed E-state index contributed by atoms with van der Waals surface area (Å²) in [5.74, 6) is -0.338. The standard InChI is InChI=1S/C18H19Cl2N3O2/c1-21-18(25)13-8-6-12(7-9-13)10-23(2)11-16(24)22-17-14(19)4-3-5-15(17)20/h3-9H,10-11H2,1-2H3,(H,21,25)(H,22,24). The van der Waals surface area contributed by atoms with E-state index in [-0.39, 0.29) is 18.4 Å². The van der Waals surface area contributed by atoms with Gasteiger partial charge >= 0.3 is 0 Å². The predicted octanol–water partition coefficient (Wildman–Crippen LogP) is 3.42. The lowest BCUT2D eigenvalue weighted by Gasteiger charge is -2.17. The van der Waals surface area contributed by atoms with Crippen LogP contribution in [0.1, 0.15) is 15.9 Å². The van der Waals surface area contributed by atoms with Crippen LogP contribution in [0.5, 0.6) is 0 Å². The second kappa shape index (κ2) is 8.85. The summed E-state index contributed by atoms with van der Waals surface area (Å²) in [4.78, 5) is 25.6. The van der Waals surface area contributed by atoms with E-state index in [1.165, 1.54) is 0 Å². The Morgan fingerprint density at radius 1 is 1.04 bits per heavy atom. The van der Waals surface area contributed by atoms with E-state index in [9.17, 15) is 9.59 Å². The largest absolute Gasteiger partial charge is 0.355 e. The quantitative estimate of drug-likeness (QED) is 0.807. The molecule has 2 N–H and O–H groups in total. The Bertz CT molecular complexity index is 743. The highest BCUT2D eigenvalue weighted by Gasteiger charge is 2.12. The minimum Gasteiger partial charge on any atom is -0.355 e. The van der Waals surface area contributed by atoms with E-state index in [2.05, 4.69) is 10.6 Å². The number of rotatable bonds is 6. The SMILES string of the molecule is CNC(=O)c1ccc(CN(C)CC(=O)Nc2c(Cl)cccc2Cl)cc1. The Hall–Kier alpha value is -2.08. The average molecular weight is 380 g/mol. The first kappa shape index (κ1) is 19.2. The molecule has 0 unspecified atom stereocenters. The highest BCUT2D eigenvalue weighted by atomic mass is 35.5. The van der Waals surface area contributed by atoms with Gasteiger partial charge in [0.1, 0.15) is 0 Å². The zero-order valence-electron chi connectivity index (χ0n) is 14.0. The number of benzene rings is 2. The molecular weight excluding hydrogens is 361 g/mol. The lowest BCUT2D eigenvalue weighted by molar-refractivity contribution is -0.117. The Morgan fingerprint density at radius 3 is 2.20 bits per heavy atom. The molecule has 0 aliphatic carbocycles. The lowest BCUT2D eigenvalue weighted by atomic mass is 10.1. The summed E-state index contributed by atoms with van der Waals surface area (Å²) in [6, 6.07) is 12.3. The van der Waals surface area contributed by atoms with Crippen LogP contribution in [0.2, 0.25) is 10.0 Å². The molecule has 0 saturated carbocycles. The third-order valence-electron chi connectivity index (χ3n) is 3.54. The number of hydrogen-bond acceptors (Lipinski definition) is 3. The maximum Gasteiger partial charge on any atom is 0.251 e. The molecule has 0 spiro atoms. The van der Waals surface area contributed by atoms with Crippen LogP contribution in [0, 0.1) is 0 Å². The van der Waals surface area contributed by atoms with Crippen molar-refractivity contribution in [1.82, 2.24) is 10.2 Å². The Morgan fingerprint density at radius 2 is 1.64 bits per heavy atom. The summed E-state index contributed by atoms with van der Waals surface area (Å²) in [7, 11) is 3.42. The molecule has 0 radical (unpaired) electrons. The first-order valence-electron chi connectivity index (χ1n) is 7.64. The molecular formula is C18H19Cl2N3O2. The number of nitrogens with zero attached hydrogens (tertiary/aromatic N) is 1. The second-order valence-electron chi connectivity index (χ2n) is 5.59. The number of nitrogens with one attached hydrogen (secondary N) is 2. The Kier molecular flexibility index (Phi) is 6.82. The van der Waals surface area contributed by atoms with Crippen LogP contribution in [0.25, 0.3) is 0 Å². The van der Waals surface area contributed by atoms with Gasteiger partial charge in [0.15, 0.2) is 0 Å². The van der Waals surface area contributed by atoms with Crippen molar-refractivity contribution in [3.8, 4) is 0 Å². The number of para-hydroxylation sites is 1. The number of carbonyl (C=O) groups is 2. The van der Waals surface area contributed by atoms with Gasteiger partial charge in [-0.15, -0.1) is 0 Å². The third-order valence-corrected chi connectivity index (χ3v) is 4.17. The molecule has 2 aromatic carbocycles. The van der Waals surface area contributed by atoms with Gasteiger partial charge in [-0.2, -0.15) is 0 Å². The van der Waals surface area contributed by atoms with Crippen LogP contribution in [0.3, 0.4) is 0 Å². The van der Waals surface area contributed by atoms with Crippen molar-refractivity contribution in [3.63, 3.8) is 0 Å². The predicted molar refractivity (Wildman–Crippen MR) is 101 cm³/mol. The molecule has 25 heavy (non-hydrogen) atoms. The van der Waals surface area contributed by atoms with Gasteiger partial charge < -0.3 is 10.6 Å². The number of anilines is 1. The maximum atomic E-state index is 12.2. The van der Waals surface area contributed by atoms with Crippen LogP contribution in [0.4, 0.5) is 5.69 Å². The van der Waals surface area contributed by atoms with Crippen molar-refractivity contribution < 1.29 is 9.59 Å². The molecule has 0 bridgehead atoms. The van der Waals surface area contributed by atoms with E-state index >= 15 is 0 Å². The van der Waals surface area contributed by atoms with Gasteiger partial charge in [-0.1, -0.05) is 41.4 Å². The molecule has 0 fully saturated rings. The van der Waals surface area contributed by atoms with Gasteiger partial charge in [0.25, 0.3) is 5.91 Å². The number of carbonyl (C=O) groups excluding carboxylic acids is 2. The van der Waals surface area contributed by atoms with Gasteiger partial charge in [-0.25, -0.2) is 0 Å². The van der Waals surface area contributed by atoms with Crippen LogP contribution in [-0.4, -0.2) is 37.4 Å². The lowest BCUT2D eigenvalue weighted by Crippen LogP contribution is -2.30. The zero-order chi connectivity index (χ0) is 18.4. The molecule has 0 aliphatic heterocycles. The van der Waals surface area contributed by atoms with Crippen LogP contribution in [-0.2, 0) is 11.3 Å². The van der Waals surface area contributed by atoms with Gasteiger partial charge in [0.05, 0.1) is 22.3 Å². The van der Waals surface area contributed by atoms with E-state index in [0.717, 1.165) is 5.56 Å². The zero-order valence-corrected chi connectivity index (χ0v) is 15.5. The Balaban J connectivity index is 1.92. The highest BCUT2D eigenvalue weighted by molar-refractivity contribution is 6.39. The first-order chi connectivity index (χ1) is 11.9. The number of amides is 2. The van der Waals surface area contributed by atoms with Crippen molar-refractivity contribution in [3.05, 3.63) is 63.6 Å². The molecule has 0 aliphatic rings. The fourth-order valence-electron chi connectivity index (χ4n) is 2.31. The van der Waals surface area contributed by atoms with Crippen LogP contribution in [0.15, 0.2) is 42.5 Å². The molecule has 0 aromatic heterocycles. The van der Waals surface area contributed by atoms with Gasteiger partial charge in [-0.3, -0.25) is 14.5 Å². The number of hydrogen-bond donors (Lipinski definition) is 2. The maximum absolute atomic E-state index is 12.2. The van der Waals surface area contributed by atoms with E-state index in [0.29, 0.717) is 27.8 Å². The molecule has 2 rings (SSSR count). The fraction of sp³-hybridized carbons (Fsp3) is 0.222. The smallest absolute Gasteiger partial charge is 0.251 e. The summed E-state index contributed by atoms with van der Waals surface area (Å²) in [5, 5.41) is 6.10. The van der Waals surface area contributed by atoms with Gasteiger partial charge in [0, 0.05) is 19.2 Å². The Labute approximate surface area is 156 Å². The van der Waals surface area contributed by atoms with E-state index in [4.69, 9.17) is 23.2 Å². The molecule has 5 nitrogen and oxygen atoms in total. The number of halogens is 2. The summed E-state index contributed by atoms with van der Waals surface area (Å²) < 4.78 is 0. The molecule has 0 heterocycles. The van der Waals surface area contributed by atoms with Gasteiger partial charge in [-0.05, 0) is 36.9 Å². The first-order valence-corrected chi connectivity index (χ1v) is 8.39. The normalized spacial score (nSPS) is 10.6. The van der Waals surface area contributed by atoms with Crippen molar-refractivity contribution in [2.75, 3.05) is 26.0 Å². The summed E-state index contributed by atoms with van der Waals surface area (Å²) in [6.07, 6.45) is 0. The second-order valence-corrected chi connectivity index (χ2v) is 6.41. The molecule has 2 amide bonds. The summed E-state index contributed by atoms with van der Waals surface area (Å²) in [5.41, 5.74) is 2.01. The fourth-order valence-corrected chi connectivity index (χ4v) is 2.81.